The standard InChI is InChI=1S/C18H12N2O2/c19-13-9-15(20-14-8-4-3-7-12(13)14)16-17(21)10-5-1-2-6-11(10)18(16)22/h1-9,21H,(H2,19,20)/p-1. The van der Waals surface area contributed by atoms with Crippen LogP contribution in [-0.2, 0) is 0 Å². The smallest absolute Gasteiger partial charge is 0.195 e. The van der Waals surface area contributed by atoms with Crippen LogP contribution in [0.5, 0.6) is 0 Å². The number of nitrogen functional groups attached to an aromatic ring is 1. The molecular formula is C18H11N2O2-. The molecule has 0 atom stereocenters. The van der Waals surface area contributed by atoms with E-state index in [0.717, 1.165) is 5.39 Å². The van der Waals surface area contributed by atoms with Crippen molar-refractivity contribution in [3.05, 3.63) is 71.4 Å². The molecule has 1 aliphatic rings. The SMILES string of the molecule is Nc1cc(C2=C([O-])c3ccccc3C2=O)nc2ccccc12. The second-order valence-electron chi connectivity index (χ2n) is 5.19. The lowest BCUT2D eigenvalue weighted by molar-refractivity contribution is -0.242. The summed E-state index contributed by atoms with van der Waals surface area (Å²) in [4.78, 5) is 17.0. The van der Waals surface area contributed by atoms with Crippen LogP contribution in [0.25, 0.3) is 22.2 Å². The summed E-state index contributed by atoms with van der Waals surface area (Å²) in [5.41, 5.74) is 8.50. The number of carbonyl (C=O) groups is 1. The summed E-state index contributed by atoms with van der Waals surface area (Å²) in [6.45, 7) is 0. The van der Waals surface area contributed by atoms with Crippen molar-refractivity contribution in [3.63, 3.8) is 0 Å². The van der Waals surface area contributed by atoms with Crippen LogP contribution in [0.3, 0.4) is 0 Å². The van der Waals surface area contributed by atoms with E-state index in [1.165, 1.54) is 0 Å². The van der Waals surface area contributed by atoms with Crippen molar-refractivity contribution in [1.82, 2.24) is 4.98 Å². The van der Waals surface area contributed by atoms with Crippen LogP contribution in [-0.4, -0.2) is 10.8 Å². The Morgan fingerprint density at radius 2 is 1.64 bits per heavy atom. The molecule has 4 nitrogen and oxygen atoms in total. The minimum absolute atomic E-state index is 0.0960. The maximum atomic E-state index is 12.5. The van der Waals surface area contributed by atoms with Gasteiger partial charge in [-0.2, -0.15) is 0 Å². The first kappa shape index (κ1) is 12.6. The summed E-state index contributed by atoms with van der Waals surface area (Å²) >= 11 is 0. The number of rotatable bonds is 1. The maximum absolute atomic E-state index is 12.5. The van der Waals surface area contributed by atoms with Crippen LogP contribution in [0.4, 0.5) is 5.69 Å². The van der Waals surface area contributed by atoms with Gasteiger partial charge in [-0.05, 0) is 17.7 Å². The Morgan fingerprint density at radius 1 is 0.955 bits per heavy atom. The van der Waals surface area contributed by atoms with Crippen molar-refractivity contribution in [2.75, 3.05) is 5.73 Å². The minimum atomic E-state index is -0.289. The van der Waals surface area contributed by atoms with E-state index in [-0.39, 0.29) is 17.1 Å². The number of nitrogens with zero attached hydrogens (tertiary/aromatic N) is 1. The van der Waals surface area contributed by atoms with Gasteiger partial charge in [0.2, 0.25) is 0 Å². The number of fused-ring (bicyclic) bond motifs is 2. The van der Waals surface area contributed by atoms with E-state index >= 15 is 0 Å². The molecule has 22 heavy (non-hydrogen) atoms. The lowest BCUT2D eigenvalue weighted by Crippen LogP contribution is -2.06. The fraction of sp³-hybridized carbons (Fsp3) is 0. The van der Waals surface area contributed by atoms with Crippen LogP contribution >= 0.6 is 0 Å². The number of ketones is 1. The Kier molecular flexibility index (Phi) is 2.53. The highest BCUT2D eigenvalue weighted by Crippen LogP contribution is 2.35. The van der Waals surface area contributed by atoms with Crippen LogP contribution in [0, 0.1) is 0 Å². The third-order valence-corrected chi connectivity index (χ3v) is 3.87. The number of para-hydroxylation sites is 1. The summed E-state index contributed by atoms with van der Waals surface area (Å²) in [6, 6.07) is 15.8. The molecule has 3 aromatic rings. The first-order valence-corrected chi connectivity index (χ1v) is 6.88. The second-order valence-corrected chi connectivity index (χ2v) is 5.19. The molecular weight excluding hydrogens is 276 g/mol. The molecule has 1 aromatic heterocycles. The van der Waals surface area contributed by atoms with Crippen LogP contribution in [0.1, 0.15) is 21.6 Å². The lowest BCUT2D eigenvalue weighted by atomic mass is 10.0. The fourth-order valence-electron chi connectivity index (χ4n) is 2.81. The van der Waals surface area contributed by atoms with Gasteiger partial charge < -0.3 is 10.8 Å². The zero-order valence-electron chi connectivity index (χ0n) is 11.5. The summed E-state index contributed by atoms with van der Waals surface area (Å²) in [5.74, 6) is -0.578. The normalized spacial score (nSPS) is 13.7. The number of pyridine rings is 1. The molecule has 4 rings (SSSR count). The molecule has 0 saturated heterocycles. The quantitative estimate of drug-likeness (QED) is 0.744. The van der Waals surface area contributed by atoms with Crippen molar-refractivity contribution in [3.8, 4) is 0 Å². The molecule has 0 amide bonds. The monoisotopic (exact) mass is 287 g/mol. The van der Waals surface area contributed by atoms with E-state index in [4.69, 9.17) is 5.73 Å². The molecule has 0 fully saturated rings. The minimum Gasteiger partial charge on any atom is -0.871 e. The molecule has 0 radical (unpaired) electrons. The van der Waals surface area contributed by atoms with Gasteiger partial charge in [-0.25, -0.2) is 4.98 Å². The van der Waals surface area contributed by atoms with Crippen molar-refractivity contribution in [2.45, 2.75) is 0 Å². The van der Waals surface area contributed by atoms with Gasteiger partial charge in [0.15, 0.2) is 5.78 Å². The zero-order chi connectivity index (χ0) is 15.3. The number of nitrogens with two attached hydrogens (primary N) is 1. The van der Waals surface area contributed by atoms with E-state index in [1.807, 2.05) is 24.3 Å². The predicted molar refractivity (Wildman–Crippen MR) is 83.7 cm³/mol. The molecule has 0 unspecified atom stereocenters. The molecule has 106 valence electrons. The van der Waals surface area contributed by atoms with Gasteiger partial charge in [-0.1, -0.05) is 48.2 Å². The molecule has 2 aromatic carbocycles. The van der Waals surface area contributed by atoms with Crippen molar-refractivity contribution in [2.24, 2.45) is 0 Å². The number of aromatic nitrogens is 1. The maximum Gasteiger partial charge on any atom is 0.195 e. The average Bonchev–Trinajstić information content (AvgIpc) is 2.79. The number of anilines is 1. The molecule has 0 bridgehead atoms. The zero-order valence-corrected chi connectivity index (χ0v) is 11.5. The number of hydrogen-bond acceptors (Lipinski definition) is 4. The van der Waals surface area contributed by atoms with Gasteiger partial charge in [0.1, 0.15) is 0 Å². The highest BCUT2D eigenvalue weighted by molar-refractivity contribution is 6.38. The highest BCUT2D eigenvalue weighted by Gasteiger charge is 2.26. The van der Waals surface area contributed by atoms with Crippen LogP contribution < -0.4 is 10.8 Å². The predicted octanol–water partition coefficient (Wildman–Crippen LogP) is 2.24. The van der Waals surface area contributed by atoms with E-state index < -0.39 is 0 Å². The summed E-state index contributed by atoms with van der Waals surface area (Å²) in [6.07, 6.45) is 0. The number of carbonyl (C=O) groups excluding carboxylic acids is 1. The average molecular weight is 287 g/mol. The Labute approximate surface area is 126 Å². The lowest BCUT2D eigenvalue weighted by Gasteiger charge is -2.12. The number of benzene rings is 2. The highest BCUT2D eigenvalue weighted by atomic mass is 16.3. The van der Waals surface area contributed by atoms with Gasteiger partial charge in [0.05, 0.1) is 11.2 Å². The van der Waals surface area contributed by atoms with E-state index in [1.54, 1.807) is 30.3 Å². The van der Waals surface area contributed by atoms with Gasteiger partial charge in [-0.15, -0.1) is 0 Å². The van der Waals surface area contributed by atoms with Crippen molar-refractivity contribution in [1.29, 1.82) is 0 Å². The van der Waals surface area contributed by atoms with Crippen LogP contribution in [0.2, 0.25) is 0 Å². The van der Waals surface area contributed by atoms with Gasteiger partial charge in [0, 0.05) is 22.2 Å². The molecule has 2 N–H and O–H groups in total. The first-order chi connectivity index (χ1) is 10.7. The van der Waals surface area contributed by atoms with E-state index in [2.05, 4.69) is 4.98 Å². The Balaban J connectivity index is 1.97. The van der Waals surface area contributed by atoms with Gasteiger partial charge >= 0.3 is 0 Å². The van der Waals surface area contributed by atoms with E-state index in [9.17, 15) is 9.90 Å². The third kappa shape index (κ3) is 1.64. The molecule has 0 saturated carbocycles. The van der Waals surface area contributed by atoms with Crippen LogP contribution in [0.15, 0.2) is 54.6 Å². The Bertz CT molecular complexity index is 974. The summed E-state index contributed by atoms with van der Waals surface area (Å²) < 4.78 is 0. The fourth-order valence-corrected chi connectivity index (χ4v) is 2.81. The number of Topliss-reactive ketones (excluding diaryl/α,β-unsaturated/α-hetero) is 1. The van der Waals surface area contributed by atoms with Gasteiger partial charge in [0.25, 0.3) is 0 Å². The number of allylic oxidation sites excluding steroid dienone is 1. The Morgan fingerprint density at radius 3 is 2.41 bits per heavy atom. The molecule has 1 heterocycles. The summed E-state index contributed by atoms with van der Waals surface area (Å²) in [7, 11) is 0. The van der Waals surface area contributed by atoms with Gasteiger partial charge in [-0.3, -0.25) is 4.79 Å². The topological polar surface area (TPSA) is 79.0 Å². The van der Waals surface area contributed by atoms with E-state index in [0.29, 0.717) is 28.0 Å². The Hall–Kier alpha value is -3.14. The largest absolute Gasteiger partial charge is 0.871 e. The first-order valence-electron chi connectivity index (χ1n) is 6.88. The number of hydrogen-bond donors (Lipinski definition) is 1. The third-order valence-electron chi connectivity index (χ3n) is 3.87. The molecule has 0 aliphatic heterocycles. The molecule has 1 aliphatic carbocycles. The van der Waals surface area contributed by atoms with Crippen molar-refractivity contribution < 1.29 is 9.90 Å². The second kappa shape index (κ2) is 4.43. The van der Waals surface area contributed by atoms with Crippen molar-refractivity contribution >= 4 is 33.7 Å². The summed E-state index contributed by atoms with van der Waals surface area (Å²) in [5, 5.41) is 13.3. The molecule has 4 heteroatoms. The molecule has 0 spiro atoms.